The van der Waals surface area contributed by atoms with Gasteiger partial charge in [0.05, 0.1) is 16.1 Å². The van der Waals surface area contributed by atoms with E-state index in [9.17, 15) is 14.4 Å². The maximum absolute atomic E-state index is 13.7. The Kier molecular flexibility index (Phi) is 6.46. The Morgan fingerprint density at radius 1 is 1.05 bits per heavy atom. The number of hydrogen-bond acceptors (Lipinski definition) is 7. The lowest BCUT2D eigenvalue weighted by molar-refractivity contribution is -0.114. The van der Waals surface area contributed by atoms with E-state index in [1.807, 2.05) is 43.3 Å². The fourth-order valence-corrected chi connectivity index (χ4v) is 5.56. The number of carbonyl (C=O) groups is 2. The summed E-state index contributed by atoms with van der Waals surface area (Å²) in [4.78, 5) is 44.6. The second kappa shape index (κ2) is 9.75. The third-order valence-electron chi connectivity index (χ3n) is 6.44. The number of fused-ring (bicyclic) bond motifs is 1. The summed E-state index contributed by atoms with van der Waals surface area (Å²) in [6.45, 7) is 3.29. The van der Waals surface area contributed by atoms with Gasteiger partial charge in [-0.25, -0.2) is 9.79 Å². The van der Waals surface area contributed by atoms with Crippen LogP contribution in [-0.2, 0) is 4.79 Å². The molecule has 0 fully saturated rings. The van der Waals surface area contributed by atoms with Crippen molar-refractivity contribution >= 4 is 34.9 Å². The van der Waals surface area contributed by atoms with Crippen molar-refractivity contribution in [1.82, 2.24) is 4.57 Å². The fourth-order valence-electron chi connectivity index (χ4n) is 4.53. The number of carbonyl (C=O) groups excluding carboxylic acids is 1. The summed E-state index contributed by atoms with van der Waals surface area (Å²) in [7, 11) is 3.91. The molecular weight excluding hydrogens is 502 g/mol. The lowest BCUT2D eigenvalue weighted by Crippen LogP contribution is -2.39. The Labute approximate surface area is 222 Å². The number of hydrogen-bond donors (Lipinski definition) is 1. The van der Waals surface area contributed by atoms with Crippen molar-refractivity contribution in [2.45, 2.75) is 19.9 Å². The highest BCUT2D eigenvalue weighted by Gasteiger charge is 2.30. The predicted molar refractivity (Wildman–Crippen MR) is 146 cm³/mol. The number of rotatable bonds is 6. The van der Waals surface area contributed by atoms with Crippen molar-refractivity contribution in [2.75, 3.05) is 19.0 Å². The molecule has 3 heterocycles. The van der Waals surface area contributed by atoms with Crippen LogP contribution in [0.2, 0.25) is 0 Å². The molecule has 0 saturated heterocycles. The monoisotopic (exact) mass is 527 g/mol. The zero-order valence-electron chi connectivity index (χ0n) is 21.3. The van der Waals surface area contributed by atoms with Gasteiger partial charge < -0.3 is 14.4 Å². The Bertz CT molecular complexity index is 1770. The quantitative estimate of drug-likeness (QED) is 0.409. The van der Waals surface area contributed by atoms with Crippen molar-refractivity contribution in [2.24, 2.45) is 4.99 Å². The summed E-state index contributed by atoms with van der Waals surface area (Å²) in [5.41, 5.74) is 3.58. The average Bonchev–Trinajstić information content (AvgIpc) is 3.47. The molecule has 0 bridgehead atoms. The van der Waals surface area contributed by atoms with Crippen molar-refractivity contribution in [1.29, 1.82) is 0 Å². The van der Waals surface area contributed by atoms with Crippen LogP contribution < -0.4 is 19.8 Å². The third kappa shape index (κ3) is 4.52. The maximum atomic E-state index is 13.7. The molecule has 0 unspecified atom stereocenters. The molecular formula is C29H25N3O5S. The summed E-state index contributed by atoms with van der Waals surface area (Å²) in [6, 6.07) is 17.1. The van der Waals surface area contributed by atoms with Gasteiger partial charge in [-0.15, -0.1) is 0 Å². The molecule has 0 saturated carbocycles. The lowest BCUT2D eigenvalue weighted by atomic mass is 9.93. The number of benzene rings is 2. The highest BCUT2D eigenvalue weighted by molar-refractivity contribution is 7.07. The van der Waals surface area contributed by atoms with E-state index in [1.54, 1.807) is 41.8 Å². The van der Waals surface area contributed by atoms with E-state index in [0.717, 1.165) is 16.8 Å². The molecule has 1 aliphatic rings. The van der Waals surface area contributed by atoms with Crippen LogP contribution in [0.1, 0.15) is 41.6 Å². The zero-order chi connectivity index (χ0) is 27.1. The number of carboxylic acids is 1. The molecule has 192 valence electrons. The van der Waals surface area contributed by atoms with Crippen molar-refractivity contribution in [3.63, 3.8) is 0 Å². The van der Waals surface area contributed by atoms with Gasteiger partial charge in [0, 0.05) is 42.7 Å². The summed E-state index contributed by atoms with van der Waals surface area (Å²) >= 11 is 1.24. The van der Waals surface area contributed by atoms with Crippen LogP contribution >= 0.6 is 11.3 Å². The minimum Gasteiger partial charge on any atom is -0.478 e. The largest absolute Gasteiger partial charge is 0.478 e. The molecule has 4 aromatic rings. The van der Waals surface area contributed by atoms with Crippen molar-refractivity contribution in [3.8, 4) is 11.3 Å². The van der Waals surface area contributed by atoms with E-state index >= 15 is 0 Å². The van der Waals surface area contributed by atoms with E-state index in [4.69, 9.17) is 9.52 Å². The molecule has 2 aromatic heterocycles. The highest BCUT2D eigenvalue weighted by atomic mass is 32.1. The molecule has 8 nitrogen and oxygen atoms in total. The molecule has 1 N–H and O–H groups in total. The summed E-state index contributed by atoms with van der Waals surface area (Å²) in [6.07, 6.45) is 1.66. The first-order valence-electron chi connectivity index (χ1n) is 11.9. The Hall–Kier alpha value is -4.50. The number of aromatic nitrogens is 1. The van der Waals surface area contributed by atoms with Crippen molar-refractivity contribution < 1.29 is 19.1 Å². The van der Waals surface area contributed by atoms with Gasteiger partial charge in [-0.3, -0.25) is 14.2 Å². The topological polar surface area (TPSA) is 105 Å². The van der Waals surface area contributed by atoms with E-state index in [1.165, 1.54) is 30.4 Å². The standard InChI is InChI=1S/C29H25N3O5S/c1-16-25(17(2)33)26(19-9-11-21(12-10-19)31(3)4)32-27(34)24(38-29(32)30-16)15-22-13-14-23(37-22)18-5-7-20(8-6-18)28(35)36/h5-15,26H,1-4H3,(H,35,36)/b24-15+/t26-/m0/s1. The molecule has 1 aliphatic heterocycles. The van der Waals surface area contributed by atoms with E-state index in [2.05, 4.69) is 4.99 Å². The number of Topliss-reactive ketones (excluding diaryl/α,β-unsaturated/α-hetero) is 1. The van der Waals surface area contributed by atoms with Crippen LogP contribution in [0.5, 0.6) is 0 Å². The van der Waals surface area contributed by atoms with Gasteiger partial charge in [0.15, 0.2) is 10.6 Å². The minimum absolute atomic E-state index is 0.133. The third-order valence-corrected chi connectivity index (χ3v) is 7.43. The van der Waals surface area contributed by atoms with Crippen LogP contribution in [0, 0.1) is 0 Å². The Balaban J connectivity index is 1.58. The van der Waals surface area contributed by atoms with Gasteiger partial charge in [0.1, 0.15) is 11.5 Å². The minimum atomic E-state index is -0.998. The van der Waals surface area contributed by atoms with Crippen LogP contribution in [0.3, 0.4) is 0 Å². The van der Waals surface area contributed by atoms with E-state index in [-0.39, 0.29) is 16.9 Å². The molecule has 1 atom stereocenters. The van der Waals surface area contributed by atoms with Crippen LogP contribution in [0.15, 0.2) is 86.1 Å². The van der Waals surface area contributed by atoms with Crippen LogP contribution in [0.4, 0.5) is 5.69 Å². The van der Waals surface area contributed by atoms with Gasteiger partial charge in [-0.2, -0.15) is 0 Å². The fraction of sp³-hybridized carbons (Fsp3) is 0.172. The second-order valence-electron chi connectivity index (χ2n) is 9.21. The van der Waals surface area contributed by atoms with Crippen LogP contribution in [0.25, 0.3) is 17.4 Å². The normalized spacial score (nSPS) is 15.3. The summed E-state index contributed by atoms with van der Waals surface area (Å²) in [5, 5.41) is 9.11. The van der Waals surface area contributed by atoms with E-state index in [0.29, 0.717) is 32.1 Å². The molecule has 0 radical (unpaired) electrons. The molecule has 9 heteroatoms. The van der Waals surface area contributed by atoms with Crippen molar-refractivity contribution in [3.05, 3.63) is 109 Å². The average molecular weight is 528 g/mol. The number of carboxylic acid groups (broad SMARTS) is 1. The van der Waals surface area contributed by atoms with Gasteiger partial charge in [-0.05, 0) is 55.8 Å². The smallest absolute Gasteiger partial charge is 0.335 e. The zero-order valence-corrected chi connectivity index (χ0v) is 22.1. The molecule has 0 aliphatic carbocycles. The number of allylic oxidation sites excluding steroid dienone is 2. The second-order valence-corrected chi connectivity index (χ2v) is 10.2. The number of furan rings is 1. The number of thiazole rings is 1. The first-order valence-corrected chi connectivity index (χ1v) is 12.7. The predicted octanol–water partition coefficient (Wildman–Crippen LogP) is 3.85. The Morgan fingerprint density at radius 2 is 1.74 bits per heavy atom. The van der Waals surface area contributed by atoms with E-state index < -0.39 is 12.0 Å². The number of ketones is 1. The Morgan fingerprint density at radius 3 is 2.34 bits per heavy atom. The molecule has 0 amide bonds. The van der Waals surface area contributed by atoms with Crippen LogP contribution in [-0.4, -0.2) is 35.5 Å². The highest BCUT2D eigenvalue weighted by Crippen LogP contribution is 2.31. The molecule has 5 rings (SSSR count). The maximum Gasteiger partial charge on any atom is 0.335 e. The molecule has 38 heavy (non-hydrogen) atoms. The summed E-state index contributed by atoms with van der Waals surface area (Å²) in [5.74, 6) is -0.106. The first-order chi connectivity index (χ1) is 18.1. The van der Waals surface area contributed by atoms with Gasteiger partial charge >= 0.3 is 5.97 Å². The van der Waals surface area contributed by atoms with Gasteiger partial charge in [0.25, 0.3) is 5.56 Å². The van der Waals surface area contributed by atoms with Gasteiger partial charge in [-0.1, -0.05) is 35.6 Å². The number of nitrogens with zero attached hydrogens (tertiary/aromatic N) is 3. The number of aromatic carboxylic acids is 1. The molecule has 2 aromatic carbocycles. The first kappa shape index (κ1) is 25.2. The SMILES string of the molecule is CC(=O)C1=C(C)N=c2s/c(=C/c3ccc(-c4ccc(C(=O)O)cc4)o3)c(=O)n2[C@H]1c1ccc(N(C)C)cc1. The lowest BCUT2D eigenvalue weighted by Gasteiger charge is -2.25. The van der Waals surface area contributed by atoms with Gasteiger partial charge in [0.2, 0.25) is 0 Å². The molecule has 0 spiro atoms. The number of anilines is 1. The summed E-state index contributed by atoms with van der Waals surface area (Å²) < 4.78 is 7.96.